The van der Waals surface area contributed by atoms with Crippen LogP contribution in [0.25, 0.3) is 17.2 Å². The number of hydrogen-bond donors (Lipinski definition) is 2. The van der Waals surface area contributed by atoms with Crippen molar-refractivity contribution in [3.8, 4) is 17.1 Å². The van der Waals surface area contributed by atoms with E-state index in [0.29, 0.717) is 22.7 Å². The summed E-state index contributed by atoms with van der Waals surface area (Å²) in [6.07, 6.45) is 3.25. The molecule has 9 heteroatoms. The summed E-state index contributed by atoms with van der Waals surface area (Å²) in [5.41, 5.74) is 0.605. The number of para-hydroxylation sites is 1. The van der Waals surface area contributed by atoms with Crippen LogP contribution in [0.15, 0.2) is 59.7 Å². The number of fused-ring (bicyclic) bond motifs is 1. The quantitative estimate of drug-likeness (QED) is 0.571. The molecule has 27 heavy (non-hydrogen) atoms. The Morgan fingerprint density at radius 1 is 1.22 bits per heavy atom. The molecule has 0 aliphatic rings. The maximum atomic E-state index is 12.7. The summed E-state index contributed by atoms with van der Waals surface area (Å²) in [6.45, 7) is 0. The highest BCUT2D eigenvalue weighted by molar-refractivity contribution is 6.05. The third kappa shape index (κ3) is 3.13. The number of aromatic nitrogens is 5. The van der Waals surface area contributed by atoms with Crippen LogP contribution >= 0.6 is 0 Å². The minimum atomic E-state index is -0.433. The minimum Gasteiger partial charge on any atom is -0.496 e. The van der Waals surface area contributed by atoms with E-state index < -0.39 is 11.5 Å². The van der Waals surface area contributed by atoms with Crippen molar-refractivity contribution in [3.63, 3.8) is 0 Å². The highest BCUT2D eigenvalue weighted by Gasteiger charge is 2.16. The van der Waals surface area contributed by atoms with Crippen LogP contribution in [0.2, 0.25) is 0 Å². The summed E-state index contributed by atoms with van der Waals surface area (Å²) >= 11 is 0. The zero-order chi connectivity index (χ0) is 18.8. The standard InChI is InChI=1S/C18H14N6O3/c1-27-13-7-3-2-6-12(13)17(26)20-14-9-15(25)21-18-22-16(23-24(14)18)11-5-4-8-19-10-11/h2-10H,1H3,(H,20,26)(H,21,22,23,25). The van der Waals surface area contributed by atoms with Gasteiger partial charge >= 0.3 is 0 Å². The molecule has 0 unspecified atom stereocenters. The second-order valence-electron chi connectivity index (χ2n) is 5.59. The lowest BCUT2D eigenvalue weighted by atomic mass is 10.2. The van der Waals surface area contributed by atoms with Crippen LogP contribution < -0.4 is 15.6 Å². The highest BCUT2D eigenvalue weighted by Crippen LogP contribution is 2.20. The number of carbonyl (C=O) groups is 1. The molecule has 2 N–H and O–H groups in total. The van der Waals surface area contributed by atoms with Gasteiger partial charge in [0.2, 0.25) is 5.78 Å². The summed E-state index contributed by atoms with van der Waals surface area (Å²) < 4.78 is 6.57. The van der Waals surface area contributed by atoms with Gasteiger partial charge in [-0.15, -0.1) is 5.10 Å². The number of amides is 1. The largest absolute Gasteiger partial charge is 0.496 e. The molecule has 0 aliphatic carbocycles. The van der Waals surface area contributed by atoms with E-state index in [2.05, 4.69) is 25.4 Å². The lowest BCUT2D eigenvalue weighted by molar-refractivity contribution is 0.102. The second kappa shape index (κ2) is 6.71. The molecule has 0 bridgehead atoms. The van der Waals surface area contributed by atoms with Gasteiger partial charge in [0.15, 0.2) is 5.82 Å². The molecular formula is C18H14N6O3. The number of H-pyrrole nitrogens is 1. The van der Waals surface area contributed by atoms with E-state index in [9.17, 15) is 9.59 Å². The first-order valence-electron chi connectivity index (χ1n) is 8.00. The van der Waals surface area contributed by atoms with E-state index in [4.69, 9.17) is 4.74 Å². The Bertz CT molecular complexity index is 1180. The molecule has 0 spiro atoms. The van der Waals surface area contributed by atoms with E-state index in [1.807, 2.05) is 0 Å². The molecule has 1 aromatic carbocycles. The van der Waals surface area contributed by atoms with Crippen LogP contribution in [-0.2, 0) is 0 Å². The molecule has 3 aromatic heterocycles. The van der Waals surface area contributed by atoms with E-state index in [0.717, 1.165) is 0 Å². The number of hydrogen-bond acceptors (Lipinski definition) is 6. The number of nitrogens with zero attached hydrogens (tertiary/aromatic N) is 4. The SMILES string of the molecule is COc1ccccc1C(=O)Nc1cc(=O)[nH]c2nc(-c3cccnc3)nn12. The van der Waals surface area contributed by atoms with Gasteiger partial charge in [-0.05, 0) is 24.3 Å². The number of anilines is 1. The van der Waals surface area contributed by atoms with Gasteiger partial charge in [-0.3, -0.25) is 19.6 Å². The Morgan fingerprint density at radius 3 is 2.85 bits per heavy atom. The van der Waals surface area contributed by atoms with Gasteiger partial charge in [0.05, 0.1) is 12.7 Å². The third-order valence-electron chi connectivity index (χ3n) is 3.85. The lowest BCUT2D eigenvalue weighted by Gasteiger charge is -2.09. The number of ether oxygens (including phenoxy) is 1. The van der Waals surface area contributed by atoms with Crippen LogP contribution in [0.4, 0.5) is 5.82 Å². The van der Waals surface area contributed by atoms with Crippen molar-refractivity contribution < 1.29 is 9.53 Å². The van der Waals surface area contributed by atoms with Crippen molar-refractivity contribution in [2.45, 2.75) is 0 Å². The number of rotatable bonds is 4. The molecule has 0 saturated carbocycles. The molecule has 0 saturated heterocycles. The van der Waals surface area contributed by atoms with Gasteiger partial charge in [0.25, 0.3) is 11.5 Å². The fourth-order valence-corrected chi connectivity index (χ4v) is 2.61. The fourth-order valence-electron chi connectivity index (χ4n) is 2.61. The summed E-state index contributed by atoms with van der Waals surface area (Å²) in [5.74, 6) is 0.755. The van der Waals surface area contributed by atoms with Gasteiger partial charge in [0.1, 0.15) is 11.6 Å². The third-order valence-corrected chi connectivity index (χ3v) is 3.85. The zero-order valence-electron chi connectivity index (χ0n) is 14.2. The number of nitrogens with one attached hydrogen (secondary N) is 2. The van der Waals surface area contributed by atoms with E-state index in [-0.39, 0.29) is 11.6 Å². The molecule has 1 amide bonds. The Balaban J connectivity index is 1.76. The van der Waals surface area contributed by atoms with Gasteiger partial charge in [-0.1, -0.05) is 12.1 Å². The van der Waals surface area contributed by atoms with Gasteiger partial charge in [-0.25, -0.2) is 0 Å². The molecule has 134 valence electrons. The van der Waals surface area contributed by atoms with Crippen LogP contribution in [0, 0.1) is 0 Å². The molecular weight excluding hydrogens is 348 g/mol. The van der Waals surface area contributed by atoms with Gasteiger partial charge in [-0.2, -0.15) is 9.50 Å². The van der Waals surface area contributed by atoms with Crippen LogP contribution in [0.5, 0.6) is 5.75 Å². The summed E-state index contributed by atoms with van der Waals surface area (Å²) in [7, 11) is 1.48. The Hall–Kier alpha value is -4.01. The van der Waals surface area contributed by atoms with Crippen molar-refractivity contribution in [2.75, 3.05) is 12.4 Å². The molecule has 4 rings (SSSR count). The predicted molar refractivity (Wildman–Crippen MR) is 97.8 cm³/mol. The predicted octanol–water partition coefficient (Wildman–Crippen LogP) is 1.74. The van der Waals surface area contributed by atoms with Crippen molar-refractivity contribution in [2.24, 2.45) is 0 Å². The molecule has 3 heterocycles. The minimum absolute atomic E-state index is 0.187. The van der Waals surface area contributed by atoms with Crippen LogP contribution in [0.1, 0.15) is 10.4 Å². The Kier molecular flexibility index (Phi) is 4.09. The average molecular weight is 362 g/mol. The Labute approximate surface area is 152 Å². The zero-order valence-corrected chi connectivity index (χ0v) is 14.2. The number of methoxy groups -OCH3 is 1. The van der Waals surface area contributed by atoms with Crippen LogP contribution in [-0.4, -0.2) is 37.6 Å². The Morgan fingerprint density at radius 2 is 2.07 bits per heavy atom. The van der Waals surface area contributed by atoms with Crippen molar-refractivity contribution in [1.29, 1.82) is 0 Å². The van der Waals surface area contributed by atoms with E-state index in [1.165, 1.54) is 17.7 Å². The topological polar surface area (TPSA) is 114 Å². The number of aromatic amines is 1. The highest BCUT2D eigenvalue weighted by atomic mass is 16.5. The fraction of sp³-hybridized carbons (Fsp3) is 0.0556. The molecule has 0 radical (unpaired) electrons. The maximum absolute atomic E-state index is 12.7. The monoisotopic (exact) mass is 362 g/mol. The first kappa shape index (κ1) is 16.5. The van der Waals surface area contributed by atoms with E-state index in [1.54, 1.807) is 48.8 Å². The molecule has 9 nitrogen and oxygen atoms in total. The maximum Gasteiger partial charge on any atom is 0.260 e. The van der Waals surface area contributed by atoms with Crippen molar-refractivity contribution in [3.05, 3.63) is 70.8 Å². The summed E-state index contributed by atoms with van der Waals surface area (Å²) in [5, 5.41) is 7.05. The number of carbonyl (C=O) groups excluding carboxylic acids is 1. The normalized spacial score (nSPS) is 10.7. The smallest absolute Gasteiger partial charge is 0.260 e. The molecule has 0 atom stereocenters. The van der Waals surface area contributed by atoms with Gasteiger partial charge < -0.3 is 10.1 Å². The molecule has 4 aromatic rings. The average Bonchev–Trinajstić information content (AvgIpc) is 3.12. The van der Waals surface area contributed by atoms with E-state index >= 15 is 0 Å². The second-order valence-corrected chi connectivity index (χ2v) is 5.59. The van der Waals surface area contributed by atoms with Crippen molar-refractivity contribution >= 4 is 17.5 Å². The van der Waals surface area contributed by atoms with Crippen LogP contribution in [0.3, 0.4) is 0 Å². The molecule has 0 fully saturated rings. The number of pyridine rings is 1. The first-order valence-corrected chi connectivity index (χ1v) is 8.00. The first-order chi connectivity index (χ1) is 13.2. The summed E-state index contributed by atoms with van der Waals surface area (Å²) in [4.78, 5) is 35.5. The number of benzene rings is 1. The summed E-state index contributed by atoms with van der Waals surface area (Å²) in [6, 6.07) is 11.6. The van der Waals surface area contributed by atoms with Gasteiger partial charge in [0, 0.05) is 24.0 Å². The molecule has 0 aliphatic heterocycles. The van der Waals surface area contributed by atoms with Crippen molar-refractivity contribution in [1.82, 2.24) is 24.6 Å². The lowest BCUT2D eigenvalue weighted by Crippen LogP contribution is -2.19.